The van der Waals surface area contributed by atoms with Crippen LogP contribution < -0.4 is 5.43 Å². The first-order valence-electron chi connectivity index (χ1n) is 3.10. The minimum atomic E-state index is -0.0509. The number of hydrazine groups is 1. The lowest BCUT2D eigenvalue weighted by Gasteiger charge is -2.15. The van der Waals surface area contributed by atoms with E-state index in [1.165, 1.54) is 5.01 Å². The van der Waals surface area contributed by atoms with Crippen molar-refractivity contribution in [3.05, 3.63) is 24.4 Å². The molecule has 3 nitrogen and oxygen atoms in total. The molecule has 0 saturated heterocycles. The number of nitrogens with one attached hydrogen (secondary N) is 1. The van der Waals surface area contributed by atoms with Gasteiger partial charge in [-0.3, -0.25) is 4.79 Å². The van der Waals surface area contributed by atoms with E-state index in [2.05, 4.69) is 12.0 Å². The number of carbonyl (C=O) groups is 1. The van der Waals surface area contributed by atoms with Crippen LogP contribution in [0.5, 0.6) is 0 Å². The number of rotatable bonds is 1. The summed E-state index contributed by atoms with van der Waals surface area (Å²) in [6.45, 7) is 5.87. The molecule has 1 heterocycles. The smallest absolute Gasteiger partial charge is 0.267 e. The molecule has 1 aliphatic rings. The van der Waals surface area contributed by atoms with Crippen LogP contribution in [0.25, 0.3) is 0 Å². The van der Waals surface area contributed by atoms with Crippen molar-refractivity contribution in [2.24, 2.45) is 0 Å². The van der Waals surface area contributed by atoms with E-state index in [1.54, 1.807) is 13.1 Å². The van der Waals surface area contributed by atoms with Crippen LogP contribution in [0, 0.1) is 0 Å². The molecule has 3 heteroatoms. The molecule has 0 bridgehead atoms. The average molecular weight is 138 g/mol. The summed E-state index contributed by atoms with van der Waals surface area (Å²) in [6, 6.07) is 0. The molecule has 0 radical (unpaired) electrons. The van der Waals surface area contributed by atoms with E-state index in [0.717, 1.165) is 0 Å². The number of hydrogen-bond acceptors (Lipinski definition) is 2. The monoisotopic (exact) mass is 138 g/mol. The van der Waals surface area contributed by atoms with Crippen LogP contribution in [-0.4, -0.2) is 17.5 Å². The summed E-state index contributed by atoms with van der Waals surface area (Å²) < 4.78 is 0. The van der Waals surface area contributed by atoms with E-state index >= 15 is 0 Å². The van der Waals surface area contributed by atoms with E-state index in [9.17, 15) is 4.79 Å². The van der Waals surface area contributed by atoms with Gasteiger partial charge in [0.1, 0.15) is 0 Å². The van der Waals surface area contributed by atoms with Gasteiger partial charge in [-0.25, -0.2) is 5.01 Å². The zero-order valence-corrected chi connectivity index (χ0v) is 5.92. The maximum Gasteiger partial charge on any atom is 0.267 e. The molecule has 0 atom stereocenters. The van der Waals surface area contributed by atoms with Crippen molar-refractivity contribution in [3.8, 4) is 0 Å². The molecule has 1 amide bonds. The molecule has 1 aliphatic heterocycles. The second-order valence-corrected chi connectivity index (χ2v) is 2.23. The van der Waals surface area contributed by atoms with Gasteiger partial charge in [-0.2, -0.15) is 0 Å². The fourth-order valence-electron chi connectivity index (χ4n) is 0.725. The quantitative estimate of drug-likeness (QED) is 0.533. The zero-order chi connectivity index (χ0) is 7.56. The third-order valence-corrected chi connectivity index (χ3v) is 1.25. The first kappa shape index (κ1) is 6.86. The van der Waals surface area contributed by atoms with Crippen molar-refractivity contribution < 1.29 is 4.79 Å². The molecule has 0 spiro atoms. The van der Waals surface area contributed by atoms with Gasteiger partial charge in [0, 0.05) is 11.8 Å². The van der Waals surface area contributed by atoms with E-state index in [-0.39, 0.29) is 5.91 Å². The standard InChI is InChI=1S/C7H10N2O/c1-6(2)7(10)9-5-3-4-8-9/h3-4,8H,1,5H2,2H3. The highest BCUT2D eigenvalue weighted by Crippen LogP contribution is 1.98. The molecule has 1 rings (SSSR count). The van der Waals surface area contributed by atoms with Crippen molar-refractivity contribution in [1.29, 1.82) is 0 Å². The maximum absolute atomic E-state index is 11.1. The average Bonchev–Trinajstić information content (AvgIpc) is 2.36. The fourth-order valence-corrected chi connectivity index (χ4v) is 0.725. The third kappa shape index (κ3) is 1.18. The Balaban J connectivity index is 2.50. The summed E-state index contributed by atoms with van der Waals surface area (Å²) in [5, 5.41) is 1.50. The van der Waals surface area contributed by atoms with Gasteiger partial charge in [-0.15, -0.1) is 0 Å². The highest BCUT2D eigenvalue weighted by molar-refractivity contribution is 5.92. The molecule has 0 aromatic carbocycles. The van der Waals surface area contributed by atoms with Crippen molar-refractivity contribution in [1.82, 2.24) is 10.4 Å². The van der Waals surface area contributed by atoms with Crippen LogP contribution >= 0.6 is 0 Å². The second kappa shape index (κ2) is 2.56. The Morgan fingerprint density at radius 3 is 2.90 bits per heavy atom. The Hall–Kier alpha value is -1.25. The van der Waals surface area contributed by atoms with Gasteiger partial charge in [-0.05, 0) is 13.0 Å². The van der Waals surface area contributed by atoms with Crippen LogP contribution in [-0.2, 0) is 4.79 Å². The minimum absolute atomic E-state index is 0.0509. The molecular weight excluding hydrogens is 128 g/mol. The summed E-state index contributed by atoms with van der Waals surface area (Å²) >= 11 is 0. The van der Waals surface area contributed by atoms with E-state index < -0.39 is 0 Å². The molecule has 1 N–H and O–H groups in total. The van der Waals surface area contributed by atoms with Gasteiger partial charge in [0.2, 0.25) is 0 Å². The van der Waals surface area contributed by atoms with Gasteiger partial charge in [0.15, 0.2) is 0 Å². The SMILES string of the molecule is C=C(C)C(=O)N1CC=CN1. The van der Waals surface area contributed by atoms with Crippen molar-refractivity contribution in [2.45, 2.75) is 6.92 Å². The predicted octanol–water partition coefficient (Wildman–Crippen LogP) is 0.423. The lowest BCUT2D eigenvalue weighted by atomic mass is 10.3. The molecule has 0 fully saturated rings. The highest BCUT2D eigenvalue weighted by Gasteiger charge is 2.13. The summed E-state index contributed by atoms with van der Waals surface area (Å²) in [5.41, 5.74) is 3.33. The van der Waals surface area contributed by atoms with Gasteiger partial charge >= 0.3 is 0 Å². The first-order chi connectivity index (χ1) is 4.72. The lowest BCUT2D eigenvalue weighted by molar-refractivity contribution is -0.128. The van der Waals surface area contributed by atoms with Crippen molar-refractivity contribution in [2.75, 3.05) is 6.54 Å². The highest BCUT2D eigenvalue weighted by atomic mass is 16.2. The molecule has 54 valence electrons. The van der Waals surface area contributed by atoms with Gasteiger partial charge < -0.3 is 5.43 Å². The molecule has 0 aliphatic carbocycles. The second-order valence-electron chi connectivity index (χ2n) is 2.23. The van der Waals surface area contributed by atoms with Crippen molar-refractivity contribution >= 4 is 5.91 Å². The first-order valence-corrected chi connectivity index (χ1v) is 3.10. The fraction of sp³-hybridized carbons (Fsp3) is 0.286. The number of amides is 1. The largest absolute Gasteiger partial charge is 0.303 e. The molecule has 0 saturated carbocycles. The Morgan fingerprint density at radius 1 is 1.80 bits per heavy atom. The molecule has 10 heavy (non-hydrogen) atoms. The Bertz CT molecular complexity index is 188. The van der Waals surface area contributed by atoms with Crippen molar-refractivity contribution in [3.63, 3.8) is 0 Å². The summed E-state index contributed by atoms with van der Waals surface area (Å²) in [7, 11) is 0. The third-order valence-electron chi connectivity index (χ3n) is 1.25. The van der Waals surface area contributed by atoms with Crippen LogP contribution in [0.4, 0.5) is 0 Å². The van der Waals surface area contributed by atoms with E-state index in [0.29, 0.717) is 12.1 Å². The Morgan fingerprint density at radius 2 is 2.50 bits per heavy atom. The topological polar surface area (TPSA) is 32.3 Å². The zero-order valence-electron chi connectivity index (χ0n) is 5.92. The van der Waals surface area contributed by atoms with Crippen LogP contribution in [0.2, 0.25) is 0 Å². The Labute approximate surface area is 60.0 Å². The lowest BCUT2D eigenvalue weighted by Crippen LogP contribution is -2.36. The summed E-state index contributed by atoms with van der Waals surface area (Å²) in [5.74, 6) is -0.0509. The van der Waals surface area contributed by atoms with Crippen LogP contribution in [0.1, 0.15) is 6.92 Å². The number of nitrogens with zero attached hydrogens (tertiary/aromatic N) is 1. The van der Waals surface area contributed by atoms with Crippen LogP contribution in [0.15, 0.2) is 24.4 Å². The van der Waals surface area contributed by atoms with E-state index in [1.807, 2.05) is 6.08 Å². The normalized spacial score (nSPS) is 15.1. The molecule has 0 aromatic heterocycles. The molecule has 0 unspecified atom stereocenters. The summed E-state index contributed by atoms with van der Waals surface area (Å²) in [6.07, 6.45) is 3.61. The van der Waals surface area contributed by atoms with E-state index in [4.69, 9.17) is 0 Å². The van der Waals surface area contributed by atoms with Crippen LogP contribution in [0.3, 0.4) is 0 Å². The van der Waals surface area contributed by atoms with Gasteiger partial charge in [-0.1, -0.05) is 6.58 Å². The maximum atomic E-state index is 11.1. The Kier molecular flexibility index (Phi) is 1.76. The molecular formula is C7H10N2O. The minimum Gasteiger partial charge on any atom is -0.303 e. The number of hydrogen-bond donors (Lipinski definition) is 1. The van der Waals surface area contributed by atoms with Gasteiger partial charge in [0.25, 0.3) is 5.91 Å². The van der Waals surface area contributed by atoms with Gasteiger partial charge in [0.05, 0.1) is 6.54 Å². The molecule has 0 aromatic rings. The summed E-state index contributed by atoms with van der Waals surface area (Å²) in [4.78, 5) is 11.1. The number of carbonyl (C=O) groups excluding carboxylic acids is 1. The predicted molar refractivity (Wildman–Crippen MR) is 38.8 cm³/mol.